The summed E-state index contributed by atoms with van der Waals surface area (Å²) in [5.41, 5.74) is 0. The van der Waals surface area contributed by atoms with Crippen molar-refractivity contribution in [2.75, 3.05) is 6.61 Å². The van der Waals surface area contributed by atoms with Gasteiger partial charge in [-0.3, -0.25) is 18.5 Å². The van der Waals surface area contributed by atoms with Crippen LogP contribution in [0.4, 0.5) is 0 Å². The van der Waals surface area contributed by atoms with Crippen LogP contribution in [0.1, 0.15) is 77.6 Å². The van der Waals surface area contributed by atoms with Crippen LogP contribution in [-0.2, 0) is 34.8 Å². The van der Waals surface area contributed by atoms with Gasteiger partial charge in [0.05, 0.1) is 6.61 Å². The molecule has 0 heterocycles. The fraction of sp³-hybridized carbons (Fsp3) is 0.875. The molecule has 0 aromatic carbocycles. The van der Waals surface area contributed by atoms with Crippen molar-refractivity contribution < 1.29 is 101 Å². The molecule has 0 aliphatic carbocycles. The molecule has 11 nitrogen and oxygen atoms in total. The first-order chi connectivity index (χ1) is 13.3. The van der Waals surface area contributed by atoms with E-state index in [0.717, 1.165) is 19.3 Å². The van der Waals surface area contributed by atoms with Gasteiger partial charge in [-0.1, -0.05) is 64.7 Å². The van der Waals surface area contributed by atoms with Gasteiger partial charge in [0, 0.05) is 12.4 Å². The van der Waals surface area contributed by atoms with Gasteiger partial charge in [-0.05, 0) is 6.42 Å². The SMILES string of the molecule is CCCCCCCCCCCCOC(=O)C(CC(=O)[O-])S(=O)(=O)O.O=S(=O)(O)O.[K+]. The summed E-state index contributed by atoms with van der Waals surface area (Å²) in [4.78, 5) is 22.0. The van der Waals surface area contributed by atoms with Gasteiger partial charge in [0.2, 0.25) is 0 Å². The van der Waals surface area contributed by atoms with E-state index in [1.807, 2.05) is 0 Å². The second kappa shape index (κ2) is 20.0. The first-order valence-electron chi connectivity index (χ1n) is 9.31. The minimum atomic E-state index is -4.82. The smallest absolute Gasteiger partial charge is 0.550 e. The topological polar surface area (TPSA) is 195 Å². The van der Waals surface area contributed by atoms with Crippen LogP contribution in [0.5, 0.6) is 0 Å². The molecule has 0 fully saturated rings. The first kappa shape index (κ1) is 35.0. The third-order valence-electron chi connectivity index (χ3n) is 3.72. The molecule has 0 aromatic rings. The zero-order chi connectivity index (χ0) is 22.9. The maximum absolute atomic E-state index is 11.5. The molecule has 0 aromatic heterocycles. The second-order valence-electron chi connectivity index (χ2n) is 6.38. The Balaban J connectivity index is -0.00000108. The van der Waals surface area contributed by atoms with Crippen molar-refractivity contribution in [3.8, 4) is 0 Å². The van der Waals surface area contributed by atoms with E-state index in [-0.39, 0.29) is 58.0 Å². The maximum Gasteiger partial charge on any atom is 1.00 e. The van der Waals surface area contributed by atoms with Crippen LogP contribution < -0.4 is 56.5 Å². The number of carbonyl (C=O) groups excluding carboxylic acids is 2. The Labute approximate surface area is 221 Å². The molecule has 174 valence electrons. The van der Waals surface area contributed by atoms with Crippen LogP contribution in [0.25, 0.3) is 0 Å². The molecule has 1 unspecified atom stereocenters. The molecule has 30 heavy (non-hydrogen) atoms. The Bertz CT molecular complexity index is 655. The fourth-order valence-electron chi connectivity index (χ4n) is 2.32. The Hall–Kier alpha value is 0.356. The number of ether oxygens (including phenoxy) is 1. The van der Waals surface area contributed by atoms with Crippen molar-refractivity contribution in [3.63, 3.8) is 0 Å². The number of carboxylic acids is 1. The van der Waals surface area contributed by atoms with Crippen molar-refractivity contribution in [2.24, 2.45) is 0 Å². The number of unbranched alkanes of at least 4 members (excludes halogenated alkanes) is 9. The fourth-order valence-corrected chi connectivity index (χ4v) is 2.97. The normalized spacial score (nSPS) is 12.1. The predicted octanol–water partition coefficient (Wildman–Crippen LogP) is -1.80. The van der Waals surface area contributed by atoms with Crippen molar-refractivity contribution >= 4 is 32.5 Å². The minimum absolute atomic E-state index is 0. The molecule has 0 rings (SSSR count). The van der Waals surface area contributed by atoms with Crippen LogP contribution >= 0.6 is 0 Å². The molecular formula is C16H31KO11S2. The summed E-state index contributed by atoms with van der Waals surface area (Å²) in [7, 11) is -9.49. The van der Waals surface area contributed by atoms with Gasteiger partial charge in [-0.2, -0.15) is 16.8 Å². The third kappa shape index (κ3) is 28.4. The summed E-state index contributed by atoms with van der Waals surface area (Å²) in [6.45, 7) is 2.19. The number of hydrogen-bond donors (Lipinski definition) is 3. The quantitative estimate of drug-likeness (QED) is 0.0988. The summed E-state index contributed by atoms with van der Waals surface area (Å²) in [5, 5.41) is 8.31. The molecule has 14 heteroatoms. The number of hydrogen-bond acceptors (Lipinski definition) is 8. The van der Waals surface area contributed by atoms with Crippen molar-refractivity contribution in [1.29, 1.82) is 0 Å². The monoisotopic (exact) mass is 502 g/mol. The molecule has 0 saturated carbocycles. The van der Waals surface area contributed by atoms with Gasteiger partial charge in [-0.15, -0.1) is 0 Å². The van der Waals surface area contributed by atoms with Gasteiger partial charge in [-0.25, -0.2) is 0 Å². The second-order valence-corrected chi connectivity index (χ2v) is 8.87. The summed E-state index contributed by atoms with van der Waals surface area (Å²) in [6.07, 6.45) is 9.90. The molecule has 0 spiro atoms. The van der Waals surface area contributed by atoms with E-state index in [2.05, 4.69) is 6.92 Å². The van der Waals surface area contributed by atoms with Crippen LogP contribution in [0, 0.1) is 0 Å². The zero-order valence-corrected chi connectivity index (χ0v) is 22.2. The summed E-state index contributed by atoms with van der Waals surface area (Å²) in [6, 6.07) is 0. The first-order valence-corrected chi connectivity index (χ1v) is 12.2. The Kier molecular flexibility index (Phi) is 23.3. The molecule has 3 N–H and O–H groups in total. The van der Waals surface area contributed by atoms with Crippen LogP contribution in [0.3, 0.4) is 0 Å². The number of carbonyl (C=O) groups is 2. The molecule has 0 bridgehead atoms. The van der Waals surface area contributed by atoms with E-state index in [9.17, 15) is 23.1 Å². The van der Waals surface area contributed by atoms with E-state index < -0.39 is 44.1 Å². The van der Waals surface area contributed by atoms with Crippen LogP contribution in [-0.4, -0.2) is 54.3 Å². The van der Waals surface area contributed by atoms with Crippen molar-refractivity contribution in [3.05, 3.63) is 0 Å². The molecule has 0 radical (unpaired) electrons. The molecule has 0 saturated heterocycles. The zero-order valence-electron chi connectivity index (χ0n) is 17.5. The van der Waals surface area contributed by atoms with Gasteiger partial charge in [0.1, 0.15) is 0 Å². The van der Waals surface area contributed by atoms with E-state index >= 15 is 0 Å². The van der Waals surface area contributed by atoms with E-state index in [4.69, 9.17) is 26.8 Å². The third-order valence-corrected chi connectivity index (χ3v) is 4.79. The summed E-state index contributed by atoms with van der Waals surface area (Å²) >= 11 is 0. The predicted molar refractivity (Wildman–Crippen MR) is 102 cm³/mol. The number of rotatable bonds is 15. The standard InChI is InChI=1S/C16H30O7S.K.H2O4S/c1-2-3-4-5-6-7-8-9-10-11-12-23-16(19)14(13-15(17)18)24(20,21)22;;1-5(2,3)4/h14H,2-13H2,1H3,(H,17,18)(H,20,21,22);;(H2,1,2,3,4)/q;+1;/p-1. The summed E-state index contributed by atoms with van der Waals surface area (Å²) < 4.78 is 67.1. The van der Waals surface area contributed by atoms with Crippen molar-refractivity contribution in [1.82, 2.24) is 0 Å². The molecule has 1 atom stereocenters. The largest absolute Gasteiger partial charge is 1.00 e. The van der Waals surface area contributed by atoms with E-state index in [1.54, 1.807) is 0 Å². The van der Waals surface area contributed by atoms with Gasteiger partial charge in [0.25, 0.3) is 10.1 Å². The molecule has 0 aliphatic rings. The van der Waals surface area contributed by atoms with Crippen molar-refractivity contribution in [2.45, 2.75) is 82.8 Å². The Morgan fingerprint density at radius 3 is 1.53 bits per heavy atom. The van der Waals surface area contributed by atoms with Gasteiger partial charge >= 0.3 is 67.8 Å². The van der Waals surface area contributed by atoms with Gasteiger partial charge in [0.15, 0.2) is 5.25 Å². The maximum atomic E-state index is 11.5. The minimum Gasteiger partial charge on any atom is -0.550 e. The van der Waals surface area contributed by atoms with Gasteiger partial charge < -0.3 is 14.6 Å². The molecular weight excluding hydrogens is 471 g/mol. The molecule has 0 amide bonds. The van der Waals surface area contributed by atoms with E-state index in [1.165, 1.54) is 38.5 Å². The van der Waals surface area contributed by atoms with Crippen LogP contribution in [0.2, 0.25) is 0 Å². The number of aliphatic carboxylic acids is 1. The Morgan fingerprint density at radius 2 is 1.20 bits per heavy atom. The average Bonchev–Trinajstić information content (AvgIpc) is 2.54. The Morgan fingerprint density at radius 1 is 0.833 bits per heavy atom. The van der Waals surface area contributed by atoms with Crippen LogP contribution in [0.15, 0.2) is 0 Å². The molecule has 0 aliphatic heterocycles. The number of esters is 1. The number of carboxylic acid groups (broad SMARTS) is 1. The average molecular weight is 503 g/mol. The van der Waals surface area contributed by atoms with E-state index in [0.29, 0.717) is 6.42 Å². The summed E-state index contributed by atoms with van der Waals surface area (Å²) in [5.74, 6) is -2.99.